The van der Waals surface area contributed by atoms with Crippen LogP contribution in [0.25, 0.3) is 0 Å². The van der Waals surface area contributed by atoms with Crippen LogP contribution in [0, 0.1) is 10.7 Å². The molecule has 0 radical (unpaired) electrons. The molecule has 2 amide bonds. The van der Waals surface area contributed by atoms with Crippen LogP contribution < -0.4 is 15.0 Å². The molecule has 2 aromatic rings. The van der Waals surface area contributed by atoms with Crippen LogP contribution >= 0.6 is 67.8 Å². The highest BCUT2D eigenvalue weighted by molar-refractivity contribution is 14.1. The first-order valence-electron chi connectivity index (χ1n) is 10.8. The Labute approximate surface area is 250 Å². The van der Waals surface area contributed by atoms with Crippen molar-refractivity contribution in [2.24, 2.45) is 0 Å². The molecule has 0 aromatic heterocycles. The number of unbranched alkanes of at least 4 members (excludes halogenated alkanes) is 1. The van der Waals surface area contributed by atoms with Crippen LogP contribution in [-0.4, -0.2) is 37.3 Å². The van der Waals surface area contributed by atoms with E-state index in [0.717, 1.165) is 6.42 Å². The second-order valence-corrected chi connectivity index (χ2v) is 10.8. The van der Waals surface area contributed by atoms with E-state index in [2.05, 4.69) is 5.32 Å². The lowest BCUT2D eigenvalue weighted by molar-refractivity contribution is -0.116. The van der Waals surface area contributed by atoms with Crippen LogP contribution in [0.4, 0.5) is 16.2 Å². The largest absolute Gasteiger partial charge is 0.516 e. The molecule has 0 heterocycles. The van der Waals surface area contributed by atoms with Crippen LogP contribution in [0.3, 0.4) is 0 Å². The standard InChI is InChI=1S/C24H25I3N2O7/c1-5-6-12-16(36-24(33)34-15-10-8-7-9-11-15)35-23(32)17-18(25)21(28-13(2)30)20(27)22(19(17)26)29(4)14(3)31/h7-11,16H,5-6,12H2,1-4H3,(H,28,30). The molecular weight excluding hydrogens is 809 g/mol. The first-order valence-corrected chi connectivity index (χ1v) is 14.1. The van der Waals surface area contributed by atoms with Crippen molar-refractivity contribution in [3.63, 3.8) is 0 Å². The smallest absolute Gasteiger partial charge is 0.421 e. The zero-order valence-corrected chi connectivity index (χ0v) is 26.5. The number of halogens is 3. The van der Waals surface area contributed by atoms with E-state index >= 15 is 0 Å². The summed E-state index contributed by atoms with van der Waals surface area (Å²) in [7, 11) is 1.58. The Morgan fingerprint density at radius 2 is 1.61 bits per heavy atom. The van der Waals surface area contributed by atoms with Crippen molar-refractivity contribution < 1.29 is 33.4 Å². The average Bonchev–Trinajstić information content (AvgIpc) is 2.80. The predicted octanol–water partition coefficient (Wildman–Crippen LogP) is 6.33. The zero-order valence-electron chi connectivity index (χ0n) is 20.0. The summed E-state index contributed by atoms with van der Waals surface area (Å²) in [6.07, 6.45) is -0.518. The molecule has 1 N–H and O–H groups in total. The first-order chi connectivity index (χ1) is 17.0. The molecule has 0 spiro atoms. The fourth-order valence-electron chi connectivity index (χ4n) is 2.97. The summed E-state index contributed by atoms with van der Waals surface area (Å²) in [5.74, 6) is -1.07. The van der Waals surface area contributed by atoms with Crippen molar-refractivity contribution in [2.75, 3.05) is 17.3 Å². The van der Waals surface area contributed by atoms with Crippen molar-refractivity contribution in [1.29, 1.82) is 0 Å². The van der Waals surface area contributed by atoms with Gasteiger partial charge in [0.15, 0.2) is 0 Å². The van der Waals surface area contributed by atoms with Crippen LogP contribution in [0.15, 0.2) is 30.3 Å². The quantitative estimate of drug-likeness (QED) is 0.136. The summed E-state index contributed by atoms with van der Waals surface area (Å²) in [6.45, 7) is 4.70. The summed E-state index contributed by atoms with van der Waals surface area (Å²) in [5, 5.41) is 2.74. The van der Waals surface area contributed by atoms with Gasteiger partial charge in [0.05, 0.1) is 27.6 Å². The minimum atomic E-state index is -1.20. The number of nitrogens with one attached hydrogen (secondary N) is 1. The van der Waals surface area contributed by atoms with Gasteiger partial charge in [0.1, 0.15) is 5.75 Å². The highest BCUT2D eigenvalue weighted by atomic mass is 127. The van der Waals surface area contributed by atoms with E-state index in [9.17, 15) is 19.2 Å². The van der Waals surface area contributed by atoms with Crippen molar-refractivity contribution in [3.8, 4) is 5.75 Å². The van der Waals surface area contributed by atoms with Gasteiger partial charge in [0.2, 0.25) is 11.8 Å². The summed E-state index contributed by atoms with van der Waals surface area (Å²) in [5.41, 5.74) is 0.980. The van der Waals surface area contributed by atoms with E-state index in [1.54, 1.807) is 37.4 Å². The SMILES string of the molecule is CCCCC(OC(=O)Oc1ccccc1)OC(=O)c1c(I)c(NC(C)=O)c(I)c(N(C)C(C)=O)c1I. The van der Waals surface area contributed by atoms with Crippen LogP contribution in [0.2, 0.25) is 0 Å². The third-order valence-electron chi connectivity index (χ3n) is 4.81. The van der Waals surface area contributed by atoms with E-state index < -0.39 is 18.4 Å². The second-order valence-electron chi connectivity index (χ2n) is 7.56. The monoisotopic (exact) mass is 834 g/mol. The van der Waals surface area contributed by atoms with E-state index in [0.29, 0.717) is 34.3 Å². The maximum Gasteiger partial charge on any atom is 0.516 e. The fraction of sp³-hybridized carbons (Fsp3) is 0.333. The van der Waals surface area contributed by atoms with E-state index in [-0.39, 0.29) is 23.8 Å². The molecule has 1 atom stereocenters. The molecule has 0 aliphatic heterocycles. The lowest BCUT2D eigenvalue weighted by Gasteiger charge is -2.25. The Morgan fingerprint density at radius 3 is 2.17 bits per heavy atom. The molecular formula is C24H25I3N2O7. The zero-order chi connectivity index (χ0) is 27.0. The number of hydrogen-bond acceptors (Lipinski definition) is 7. The number of carbonyl (C=O) groups excluding carboxylic acids is 4. The molecule has 0 aliphatic rings. The number of carbonyl (C=O) groups is 4. The van der Waals surface area contributed by atoms with Gasteiger partial charge < -0.3 is 24.4 Å². The lowest BCUT2D eigenvalue weighted by atomic mass is 10.1. The van der Waals surface area contributed by atoms with E-state index in [1.165, 1.54) is 18.7 Å². The number of hydrogen-bond donors (Lipinski definition) is 1. The Bertz CT molecular complexity index is 1140. The first kappa shape index (κ1) is 30.5. The molecule has 1 unspecified atom stereocenters. The molecule has 0 bridgehead atoms. The molecule has 194 valence electrons. The van der Waals surface area contributed by atoms with Gasteiger partial charge in [-0.1, -0.05) is 31.5 Å². The number of amides is 2. The Hall–Kier alpha value is -1.69. The Morgan fingerprint density at radius 1 is 0.972 bits per heavy atom. The minimum absolute atomic E-state index is 0.144. The van der Waals surface area contributed by atoms with Crippen molar-refractivity contribution in [2.45, 2.75) is 46.3 Å². The molecule has 9 nitrogen and oxygen atoms in total. The minimum Gasteiger partial charge on any atom is -0.421 e. The number of benzene rings is 2. The van der Waals surface area contributed by atoms with Crippen molar-refractivity contribution >= 4 is 103 Å². The highest BCUT2D eigenvalue weighted by Crippen LogP contribution is 2.41. The van der Waals surface area contributed by atoms with Gasteiger partial charge in [-0.2, -0.15) is 0 Å². The molecule has 12 heteroatoms. The van der Waals surface area contributed by atoms with Crippen LogP contribution in [0.1, 0.15) is 50.4 Å². The summed E-state index contributed by atoms with van der Waals surface area (Å²) in [4.78, 5) is 51.2. The molecule has 36 heavy (non-hydrogen) atoms. The highest BCUT2D eigenvalue weighted by Gasteiger charge is 2.31. The number of anilines is 2. The number of para-hydroxylation sites is 1. The van der Waals surface area contributed by atoms with E-state index in [1.807, 2.05) is 74.7 Å². The molecule has 2 aromatic carbocycles. The topological polar surface area (TPSA) is 111 Å². The number of esters is 1. The third kappa shape index (κ3) is 8.16. The van der Waals surface area contributed by atoms with Gasteiger partial charge in [0.25, 0.3) is 6.29 Å². The maximum atomic E-state index is 13.4. The van der Waals surface area contributed by atoms with Crippen molar-refractivity contribution in [1.82, 2.24) is 0 Å². The summed E-state index contributed by atoms with van der Waals surface area (Å²) in [6, 6.07) is 8.39. The van der Waals surface area contributed by atoms with E-state index in [4.69, 9.17) is 14.2 Å². The van der Waals surface area contributed by atoms with Gasteiger partial charge in [-0.15, -0.1) is 0 Å². The molecule has 0 aliphatic carbocycles. The lowest BCUT2D eigenvalue weighted by Crippen LogP contribution is -2.29. The fourth-order valence-corrected chi connectivity index (χ4v) is 7.57. The van der Waals surface area contributed by atoms with Crippen LogP contribution in [-0.2, 0) is 19.1 Å². The second kappa shape index (κ2) is 14.3. The van der Waals surface area contributed by atoms with Gasteiger partial charge in [-0.3, -0.25) is 9.59 Å². The van der Waals surface area contributed by atoms with Gasteiger partial charge >= 0.3 is 12.1 Å². The van der Waals surface area contributed by atoms with Crippen molar-refractivity contribution in [3.05, 3.63) is 46.6 Å². The van der Waals surface area contributed by atoms with Crippen LogP contribution in [0.5, 0.6) is 5.75 Å². The average molecular weight is 834 g/mol. The molecule has 0 saturated carbocycles. The van der Waals surface area contributed by atoms with Gasteiger partial charge in [-0.25, -0.2) is 9.59 Å². The molecule has 2 rings (SSSR count). The third-order valence-corrected chi connectivity index (χ3v) is 7.99. The molecule has 0 saturated heterocycles. The normalized spacial score (nSPS) is 11.3. The summed E-state index contributed by atoms with van der Waals surface area (Å²) < 4.78 is 17.6. The Kier molecular flexibility index (Phi) is 12.1. The number of rotatable bonds is 9. The predicted molar refractivity (Wildman–Crippen MR) is 160 cm³/mol. The van der Waals surface area contributed by atoms with Gasteiger partial charge in [0, 0.05) is 27.3 Å². The maximum absolute atomic E-state index is 13.4. The van der Waals surface area contributed by atoms with Gasteiger partial charge in [-0.05, 0) is 86.3 Å². The molecule has 0 fully saturated rings. The number of ether oxygens (including phenoxy) is 3. The Balaban J connectivity index is 2.43. The number of nitrogens with zero attached hydrogens (tertiary/aromatic N) is 1. The summed E-state index contributed by atoms with van der Waals surface area (Å²) >= 11 is 5.95.